The quantitative estimate of drug-likeness (QED) is 0.708. The molecular formula is C19H18N4O3. The van der Waals surface area contributed by atoms with Crippen LogP contribution in [0.4, 0.5) is 17.3 Å². The standard InChI is InChI=1S/C19H18N4O3/c1-25-16-9-8-15(10-17(16)26-2)23-19-20-11-13(12-21-19)18(24)22-14-6-4-3-5-7-14/h3-12H,1-2H3,(H,22,24)(H,20,21,23). The molecule has 0 saturated carbocycles. The van der Waals surface area contributed by atoms with E-state index in [1.165, 1.54) is 12.4 Å². The van der Waals surface area contributed by atoms with E-state index in [4.69, 9.17) is 9.47 Å². The Kier molecular flexibility index (Phi) is 5.28. The molecule has 0 fully saturated rings. The molecule has 26 heavy (non-hydrogen) atoms. The number of anilines is 3. The molecular weight excluding hydrogens is 332 g/mol. The maximum atomic E-state index is 12.2. The van der Waals surface area contributed by atoms with E-state index in [1.807, 2.05) is 36.4 Å². The minimum atomic E-state index is -0.270. The number of amides is 1. The highest BCUT2D eigenvalue weighted by Crippen LogP contribution is 2.30. The van der Waals surface area contributed by atoms with Gasteiger partial charge in [-0.15, -0.1) is 0 Å². The van der Waals surface area contributed by atoms with Crippen molar-refractivity contribution in [1.29, 1.82) is 0 Å². The van der Waals surface area contributed by atoms with Crippen molar-refractivity contribution in [3.05, 3.63) is 66.5 Å². The van der Waals surface area contributed by atoms with Crippen LogP contribution in [0.15, 0.2) is 60.9 Å². The summed E-state index contributed by atoms with van der Waals surface area (Å²) in [4.78, 5) is 20.6. The third-order valence-corrected chi connectivity index (χ3v) is 3.59. The van der Waals surface area contributed by atoms with E-state index in [2.05, 4.69) is 20.6 Å². The number of carbonyl (C=O) groups excluding carboxylic acids is 1. The van der Waals surface area contributed by atoms with Gasteiger partial charge >= 0.3 is 0 Å². The van der Waals surface area contributed by atoms with Crippen LogP contribution >= 0.6 is 0 Å². The summed E-state index contributed by atoms with van der Waals surface area (Å²) in [7, 11) is 3.14. The van der Waals surface area contributed by atoms with Gasteiger partial charge in [0, 0.05) is 29.8 Å². The first-order chi connectivity index (χ1) is 12.7. The van der Waals surface area contributed by atoms with Crippen molar-refractivity contribution in [2.24, 2.45) is 0 Å². The summed E-state index contributed by atoms with van der Waals surface area (Å²) in [5, 5.41) is 5.84. The van der Waals surface area contributed by atoms with Gasteiger partial charge in [0.2, 0.25) is 5.95 Å². The molecule has 0 radical (unpaired) electrons. The van der Waals surface area contributed by atoms with Crippen molar-refractivity contribution >= 4 is 23.2 Å². The molecule has 3 aromatic rings. The third-order valence-electron chi connectivity index (χ3n) is 3.59. The van der Waals surface area contributed by atoms with Gasteiger partial charge in [-0.05, 0) is 24.3 Å². The normalized spacial score (nSPS) is 10.1. The number of nitrogens with zero attached hydrogens (tertiary/aromatic N) is 2. The molecule has 2 N–H and O–H groups in total. The second-order valence-corrected chi connectivity index (χ2v) is 5.31. The van der Waals surface area contributed by atoms with Gasteiger partial charge in [0.25, 0.3) is 5.91 Å². The Labute approximate surface area is 151 Å². The lowest BCUT2D eigenvalue weighted by Crippen LogP contribution is -2.13. The first-order valence-electron chi connectivity index (χ1n) is 7.87. The molecule has 0 bridgehead atoms. The Morgan fingerprint density at radius 3 is 2.23 bits per heavy atom. The molecule has 7 nitrogen and oxygen atoms in total. The summed E-state index contributed by atoms with van der Waals surface area (Å²) in [5.41, 5.74) is 1.82. The highest BCUT2D eigenvalue weighted by molar-refractivity contribution is 6.03. The number of ether oxygens (including phenoxy) is 2. The van der Waals surface area contributed by atoms with Crippen LogP contribution in [-0.2, 0) is 0 Å². The summed E-state index contributed by atoms with van der Waals surface area (Å²) in [6, 6.07) is 14.6. The number of hydrogen-bond acceptors (Lipinski definition) is 6. The summed E-state index contributed by atoms with van der Waals surface area (Å²) in [6.07, 6.45) is 2.93. The first-order valence-corrected chi connectivity index (χ1v) is 7.87. The van der Waals surface area contributed by atoms with Gasteiger partial charge in [0.05, 0.1) is 19.8 Å². The summed E-state index contributed by atoms with van der Waals surface area (Å²) >= 11 is 0. The SMILES string of the molecule is COc1ccc(Nc2ncc(C(=O)Nc3ccccc3)cn2)cc1OC. The topological polar surface area (TPSA) is 85.4 Å². The molecule has 0 unspecified atom stereocenters. The first kappa shape index (κ1) is 17.2. The molecule has 1 heterocycles. The number of benzene rings is 2. The Bertz CT molecular complexity index is 883. The molecule has 0 aliphatic carbocycles. The van der Waals surface area contributed by atoms with Gasteiger partial charge in [-0.2, -0.15) is 0 Å². The zero-order chi connectivity index (χ0) is 18.4. The van der Waals surface area contributed by atoms with Crippen LogP contribution in [0.3, 0.4) is 0 Å². The maximum absolute atomic E-state index is 12.2. The van der Waals surface area contributed by atoms with Crippen LogP contribution in [0.1, 0.15) is 10.4 Å². The molecule has 3 rings (SSSR count). The van der Waals surface area contributed by atoms with Crippen LogP contribution in [0.5, 0.6) is 11.5 Å². The Balaban J connectivity index is 1.69. The number of hydrogen-bond donors (Lipinski definition) is 2. The molecule has 1 amide bonds. The molecule has 0 saturated heterocycles. The van der Waals surface area contributed by atoms with E-state index in [0.717, 1.165) is 5.69 Å². The lowest BCUT2D eigenvalue weighted by molar-refractivity contribution is 0.102. The molecule has 0 aliphatic rings. The highest BCUT2D eigenvalue weighted by Gasteiger charge is 2.09. The van der Waals surface area contributed by atoms with Crippen LogP contribution in [0, 0.1) is 0 Å². The molecule has 0 aliphatic heterocycles. The van der Waals surface area contributed by atoms with Gasteiger partial charge in [0.1, 0.15) is 0 Å². The highest BCUT2D eigenvalue weighted by atomic mass is 16.5. The fourth-order valence-electron chi connectivity index (χ4n) is 2.28. The van der Waals surface area contributed by atoms with E-state index in [9.17, 15) is 4.79 Å². The van der Waals surface area contributed by atoms with Gasteiger partial charge in [-0.1, -0.05) is 18.2 Å². The molecule has 1 aromatic heterocycles. The fraction of sp³-hybridized carbons (Fsp3) is 0.105. The molecule has 132 valence electrons. The predicted molar refractivity (Wildman–Crippen MR) is 99.3 cm³/mol. The number of para-hydroxylation sites is 1. The molecule has 0 spiro atoms. The smallest absolute Gasteiger partial charge is 0.258 e. The Morgan fingerprint density at radius 2 is 1.58 bits per heavy atom. The summed E-state index contributed by atoms with van der Waals surface area (Å²) in [6.45, 7) is 0. The van der Waals surface area contributed by atoms with E-state index >= 15 is 0 Å². The third kappa shape index (κ3) is 4.07. The van der Waals surface area contributed by atoms with E-state index < -0.39 is 0 Å². The molecule has 7 heteroatoms. The van der Waals surface area contributed by atoms with Crippen LogP contribution in [0.25, 0.3) is 0 Å². The zero-order valence-electron chi connectivity index (χ0n) is 14.4. The van der Waals surface area contributed by atoms with Gasteiger partial charge in [-0.3, -0.25) is 4.79 Å². The van der Waals surface area contributed by atoms with Crippen LogP contribution < -0.4 is 20.1 Å². The molecule has 2 aromatic carbocycles. The number of nitrogens with one attached hydrogen (secondary N) is 2. The molecule has 0 atom stereocenters. The van der Waals surface area contributed by atoms with Gasteiger partial charge < -0.3 is 20.1 Å². The Hall–Kier alpha value is -3.61. The minimum absolute atomic E-state index is 0.270. The number of methoxy groups -OCH3 is 2. The minimum Gasteiger partial charge on any atom is -0.493 e. The summed E-state index contributed by atoms with van der Waals surface area (Å²) in [5.74, 6) is 1.32. The zero-order valence-corrected chi connectivity index (χ0v) is 14.4. The monoisotopic (exact) mass is 350 g/mol. The second-order valence-electron chi connectivity index (χ2n) is 5.31. The average Bonchev–Trinajstić information content (AvgIpc) is 2.69. The predicted octanol–water partition coefficient (Wildman–Crippen LogP) is 3.49. The van der Waals surface area contributed by atoms with E-state index in [-0.39, 0.29) is 5.91 Å². The van der Waals surface area contributed by atoms with Crippen molar-refractivity contribution in [3.8, 4) is 11.5 Å². The lowest BCUT2D eigenvalue weighted by atomic mass is 10.2. The van der Waals surface area contributed by atoms with Crippen molar-refractivity contribution in [1.82, 2.24) is 9.97 Å². The van der Waals surface area contributed by atoms with Crippen molar-refractivity contribution in [3.63, 3.8) is 0 Å². The summed E-state index contributed by atoms with van der Waals surface area (Å²) < 4.78 is 10.5. The van der Waals surface area contributed by atoms with E-state index in [0.29, 0.717) is 28.7 Å². The number of carbonyl (C=O) groups is 1. The van der Waals surface area contributed by atoms with Crippen LogP contribution in [0.2, 0.25) is 0 Å². The Morgan fingerprint density at radius 1 is 0.885 bits per heavy atom. The average molecular weight is 350 g/mol. The van der Waals surface area contributed by atoms with Crippen molar-refractivity contribution < 1.29 is 14.3 Å². The van der Waals surface area contributed by atoms with E-state index in [1.54, 1.807) is 26.4 Å². The van der Waals surface area contributed by atoms with Crippen molar-refractivity contribution in [2.75, 3.05) is 24.9 Å². The van der Waals surface area contributed by atoms with Gasteiger partial charge in [0.15, 0.2) is 11.5 Å². The van der Waals surface area contributed by atoms with Gasteiger partial charge in [-0.25, -0.2) is 9.97 Å². The number of rotatable bonds is 6. The second kappa shape index (κ2) is 7.98. The largest absolute Gasteiger partial charge is 0.493 e. The lowest BCUT2D eigenvalue weighted by Gasteiger charge is -2.10. The number of aromatic nitrogens is 2. The fourth-order valence-corrected chi connectivity index (χ4v) is 2.28. The maximum Gasteiger partial charge on any atom is 0.258 e. The van der Waals surface area contributed by atoms with Crippen LogP contribution in [-0.4, -0.2) is 30.1 Å². The van der Waals surface area contributed by atoms with Crippen molar-refractivity contribution in [2.45, 2.75) is 0 Å².